The van der Waals surface area contributed by atoms with Gasteiger partial charge in [-0.3, -0.25) is 14.6 Å². The molecular formula is C17H13ClN2O4. The maximum atomic E-state index is 12.7. The number of ketones is 1. The molecule has 1 aliphatic heterocycles. The van der Waals surface area contributed by atoms with Crippen molar-refractivity contribution in [3.05, 3.63) is 63.3 Å². The molecule has 1 aromatic rings. The summed E-state index contributed by atoms with van der Waals surface area (Å²) in [5.41, 5.74) is 1.90. The maximum Gasteiger partial charge on any atom is 0.307 e. The second kappa shape index (κ2) is 6.05. The monoisotopic (exact) mass is 344 g/mol. The zero-order valence-electron chi connectivity index (χ0n) is 12.7. The lowest BCUT2D eigenvalue weighted by atomic mass is 9.88. The molecule has 0 atom stereocenters. The number of aliphatic hydroxyl groups excluding tert-OH is 1. The summed E-state index contributed by atoms with van der Waals surface area (Å²) in [6, 6.07) is 4.89. The van der Waals surface area contributed by atoms with E-state index in [1.165, 1.54) is 6.20 Å². The van der Waals surface area contributed by atoms with Crippen LogP contribution in [0.4, 0.5) is 0 Å². The fraction of sp³-hybridized carbons (Fsp3) is 0.176. The van der Waals surface area contributed by atoms with Gasteiger partial charge in [0.15, 0.2) is 0 Å². The largest absolute Gasteiger partial charge is 0.506 e. The highest BCUT2D eigenvalue weighted by molar-refractivity contribution is 6.34. The molecule has 3 rings (SSSR count). The van der Waals surface area contributed by atoms with Gasteiger partial charge < -0.3 is 10.2 Å². The first-order valence-corrected chi connectivity index (χ1v) is 7.55. The van der Waals surface area contributed by atoms with Crippen LogP contribution in [0.1, 0.15) is 30.3 Å². The van der Waals surface area contributed by atoms with Crippen molar-refractivity contribution in [1.29, 1.82) is 0 Å². The molecule has 0 fully saturated rings. The molecule has 6 nitrogen and oxygen atoms in total. The zero-order chi connectivity index (χ0) is 17.4. The Morgan fingerprint density at radius 1 is 1.33 bits per heavy atom. The molecule has 0 amide bonds. The Morgan fingerprint density at radius 2 is 2.08 bits per heavy atom. The number of aliphatic carboxylic acids is 1. The summed E-state index contributed by atoms with van der Waals surface area (Å²) >= 11 is 6.01. The summed E-state index contributed by atoms with van der Waals surface area (Å²) in [6.45, 7) is 1.62. The number of carbonyl (C=O) groups is 2. The van der Waals surface area contributed by atoms with E-state index in [2.05, 4.69) is 9.98 Å². The molecule has 2 aliphatic rings. The van der Waals surface area contributed by atoms with Crippen molar-refractivity contribution in [2.75, 3.05) is 0 Å². The van der Waals surface area contributed by atoms with Crippen LogP contribution in [0.2, 0.25) is 0 Å². The van der Waals surface area contributed by atoms with Crippen molar-refractivity contribution in [3.63, 3.8) is 0 Å². The third kappa shape index (κ3) is 2.65. The van der Waals surface area contributed by atoms with Gasteiger partial charge >= 0.3 is 5.97 Å². The number of halogens is 1. The van der Waals surface area contributed by atoms with Gasteiger partial charge in [0.1, 0.15) is 17.2 Å². The minimum absolute atomic E-state index is 0.0413. The van der Waals surface area contributed by atoms with Crippen LogP contribution in [-0.2, 0) is 4.79 Å². The molecule has 2 N–H and O–H groups in total. The van der Waals surface area contributed by atoms with E-state index in [0.29, 0.717) is 16.9 Å². The first-order chi connectivity index (χ1) is 11.4. The summed E-state index contributed by atoms with van der Waals surface area (Å²) in [5, 5.41) is 19.5. The first-order valence-electron chi connectivity index (χ1n) is 7.18. The average molecular weight is 345 g/mol. The van der Waals surface area contributed by atoms with E-state index < -0.39 is 11.8 Å². The Kier molecular flexibility index (Phi) is 4.07. The summed E-state index contributed by atoms with van der Waals surface area (Å²) in [4.78, 5) is 32.3. The number of fused-ring (bicyclic) bond motifs is 1. The molecule has 0 unspecified atom stereocenters. The quantitative estimate of drug-likeness (QED) is 0.817. The highest BCUT2D eigenvalue weighted by atomic mass is 35.5. The molecular weight excluding hydrogens is 332 g/mol. The number of allylic oxidation sites excluding steroid dienone is 4. The predicted octanol–water partition coefficient (Wildman–Crippen LogP) is 3.18. The van der Waals surface area contributed by atoms with Crippen LogP contribution < -0.4 is 0 Å². The zero-order valence-corrected chi connectivity index (χ0v) is 13.5. The highest BCUT2D eigenvalue weighted by Crippen LogP contribution is 2.40. The van der Waals surface area contributed by atoms with E-state index in [4.69, 9.17) is 11.6 Å². The van der Waals surface area contributed by atoms with Crippen molar-refractivity contribution in [2.24, 2.45) is 4.99 Å². The lowest BCUT2D eigenvalue weighted by Gasteiger charge is -2.18. The molecule has 0 spiro atoms. The molecule has 0 bridgehead atoms. The Bertz CT molecular complexity index is 879. The van der Waals surface area contributed by atoms with Crippen molar-refractivity contribution < 1.29 is 19.8 Å². The van der Waals surface area contributed by atoms with Gasteiger partial charge in [0.25, 0.3) is 0 Å². The number of hydrogen-bond donors (Lipinski definition) is 2. The number of aliphatic imine (C=N–C) groups is 1. The predicted molar refractivity (Wildman–Crippen MR) is 88.1 cm³/mol. The molecule has 0 saturated heterocycles. The number of carboxylic acid groups (broad SMARTS) is 1. The molecule has 0 aromatic carbocycles. The van der Waals surface area contributed by atoms with Crippen LogP contribution >= 0.6 is 11.6 Å². The molecule has 1 aliphatic carbocycles. The molecule has 24 heavy (non-hydrogen) atoms. The fourth-order valence-electron chi connectivity index (χ4n) is 2.80. The number of carbonyl (C=O) groups excluding carboxylic acids is 1. The van der Waals surface area contributed by atoms with Gasteiger partial charge in [-0.2, -0.15) is 0 Å². The van der Waals surface area contributed by atoms with E-state index in [0.717, 1.165) is 0 Å². The Hall–Kier alpha value is -2.73. The molecule has 1 aromatic heterocycles. The fourth-order valence-corrected chi connectivity index (χ4v) is 3.07. The van der Waals surface area contributed by atoms with Crippen molar-refractivity contribution in [1.82, 2.24) is 4.98 Å². The van der Waals surface area contributed by atoms with Crippen molar-refractivity contribution >= 4 is 29.1 Å². The van der Waals surface area contributed by atoms with Gasteiger partial charge in [-0.15, -0.1) is 0 Å². The average Bonchev–Trinajstić information content (AvgIpc) is 2.90. The van der Waals surface area contributed by atoms with E-state index in [9.17, 15) is 19.8 Å². The van der Waals surface area contributed by atoms with Crippen LogP contribution in [-0.4, -0.2) is 32.7 Å². The minimum Gasteiger partial charge on any atom is -0.506 e. The van der Waals surface area contributed by atoms with Crippen molar-refractivity contribution in [2.45, 2.75) is 19.8 Å². The number of hydrogen-bond acceptors (Lipinski definition) is 5. The van der Waals surface area contributed by atoms with E-state index in [1.54, 1.807) is 25.1 Å². The normalized spacial score (nSPS) is 17.2. The van der Waals surface area contributed by atoms with Gasteiger partial charge in [0, 0.05) is 29.3 Å². The molecule has 0 radical (unpaired) electrons. The third-order valence-corrected chi connectivity index (χ3v) is 4.19. The SMILES string of the molecule is CC1=C2C(=NC(C(=O)c3ccccn3)=C2CC(=O)O)CC(Cl)=C1O. The lowest BCUT2D eigenvalue weighted by molar-refractivity contribution is -0.136. The van der Waals surface area contributed by atoms with Crippen LogP contribution in [0, 0.1) is 0 Å². The Morgan fingerprint density at radius 3 is 2.71 bits per heavy atom. The first kappa shape index (κ1) is 16.1. The minimum atomic E-state index is -1.09. The van der Waals surface area contributed by atoms with E-state index in [-0.39, 0.29) is 40.6 Å². The van der Waals surface area contributed by atoms with Gasteiger partial charge in [-0.1, -0.05) is 17.7 Å². The van der Waals surface area contributed by atoms with Gasteiger partial charge in [-0.25, -0.2) is 4.99 Å². The summed E-state index contributed by atoms with van der Waals surface area (Å²) in [7, 11) is 0. The summed E-state index contributed by atoms with van der Waals surface area (Å²) in [5.74, 6) is -1.64. The second-order valence-electron chi connectivity index (χ2n) is 5.43. The second-order valence-corrected chi connectivity index (χ2v) is 5.89. The number of pyridine rings is 1. The van der Waals surface area contributed by atoms with Crippen LogP contribution in [0.25, 0.3) is 0 Å². The van der Waals surface area contributed by atoms with Crippen molar-refractivity contribution in [3.8, 4) is 0 Å². The number of Topliss-reactive ketones (excluding diaryl/α,β-unsaturated/α-hetero) is 1. The Balaban J connectivity index is 2.16. The van der Waals surface area contributed by atoms with Crippen LogP contribution in [0.15, 0.2) is 62.6 Å². The van der Waals surface area contributed by atoms with Gasteiger partial charge in [0.05, 0.1) is 17.2 Å². The number of nitrogens with zero attached hydrogens (tertiary/aromatic N) is 2. The molecule has 122 valence electrons. The number of rotatable bonds is 4. The number of aliphatic hydroxyl groups is 1. The number of carboxylic acids is 1. The molecule has 0 saturated carbocycles. The topological polar surface area (TPSA) is 99.9 Å². The lowest BCUT2D eigenvalue weighted by Crippen LogP contribution is -2.13. The van der Waals surface area contributed by atoms with E-state index in [1.807, 2.05) is 0 Å². The van der Waals surface area contributed by atoms with Crippen LogP contribution in [0.3, 0.4) is 0 Å². The maximum absolute atomic E-state index is 12.7. The van der Waals surface area contributed by atoms with Crippen LogP contribution in [0.5, 0.6) is 0 Å². The summed E-state index contributed by atoms with van der Waals surface area (Å²) in [6.07, 6.45) is 1.26. The summed E-state index contributed by atoms with van der Waals surface area (Å²) < 4.78 is 0. The number of aromatic nitrogens is 1. The van der Waals surface area contributed by atoms with Gasteiger partial charge in [0.2, 0.25) is 5.78 Å². The van der Waals surface area contributed by atoms with Gasteiger partial charge in [-0.05, 0) is 19.1 Å². The van der Waals surface area contributed by atoms with E-state index >= 15 is 0 Å². The third-order valence-electron chi connectivity index (χ3n) is 3.87. The standard InChI is InChI=1S/C17H13ClN2O4/c1-8-14-9(6-13(21)22)15(17(24)11-4-2-3-5-19-11)20-12(14)7-10(18)16(8)23/h2-5,23H,6-7H2,1H3,(H,21,22). The Labute approximate surface area is 142 Å². The highest BCUT2D eigenvalue weighted by Gasteiger charge is 2.35. The molecule has 7 heteroatoms. The molecule has 2 heterocycles. The smallest absolute Gasteiger partial charge is 0.307 e.